The molecule has 1 aromatic rings. The zero-order valence-electron chi connectivity index (χ0n) is 20.1. The number of hydrogen-bond acceptors (Lipinski definition) is 5. The Morgan fingerprint density at radius 1 is 0.971 bits per heavy atom. The summed E-state index contributed by atoms with van der Waals surface area (Å²) in [4.78, 5) is 40.2. The summed E-state index contributed by atoms with van der Waals surface area (Å²) in [5.41, 5.74) is 3.88. The van der Waals surface area contributed by atoms with Gasteiger partial charge in [-0.3, -0.25) is 9.59 Å². The molecular formula is C26H29Br2NO5. The van der Waals surface area contributed by atoms with E-state index in [4.69, 9.17) is 9.84 Å². The standard InChI is InChI=1S/C26H29Br2NO5/c1-25(2)8-16-22(18(30)10-25)21(23-17(29(16)5)9-26(3,4)11-19(23)31)13-6-14(27)24(15(28)7-13)34-12-20(32)33/h6-7,21H,8-12H2,1-5H3,(H,32,33). The van der Waals surface area contributed by atoms with Crippen LogP contribution < -0.4 is 4.74 Å². The van der Waals surface area contributed by atoms with E-state index in [0.717, 1.165) is 29.8 Å². The largest absolute Gasteiger partial charge is 0.480 e. The normalized spacial score (nSPS) is 22.0. The van der Waals surface area contributed by atoms with Gasteiger partial charge in [-0.2, -0.15) is 0 Å². The number of ketones is 2. The first-order chi connectivity index (χ1) is 15.7. The van der Waals surface area contributed by atoms with Crippen molar-refractivity contribution in [2.45, 2.75) is 59.3 Å². The lowest BCUT2D eigenvalue weighted by Crippen LogP contribution is -2.43. The van der Waals surface area contributed by atoms with Gasteiger partial charge in [-0.25, -0.2) is 4.79 Å². The molecule has 0 aromatic heterocycles. The van der Waals surface area contributed by atoms with E-state index in [1.807, 2.05) is 19.2 Å². The van der Waals surface area contributed by atoms with Crippen LogP contribution in [0.15, 0.2) is 43.6 Å². The zero-order valence-corrected chi connectivity index (χ0v) is 23.2. The Labute approximate surface area is 216 Å². The minimum absolute atomic E-state index is 0.0748. The molecule has 0 spiro atoms. The minimum atomic E-state index is -1.08. The Bertz CT molecular complexity index is 1100. The van der Waals surface area contributed by atoms with Crippen molar-refractivity contribution in [3.05, 3.63) is 49.2 Å². The maximum atomic E-state index is 13.6. The van der Waals surface area contributed by atoms with Gasteiger partial charge in [0.2, 0.25) is 0 Å². The van der Waals surface area contributed by atoms with Crippen molar-refractivity contribution in [1.29, 1.82) is 0 Å². The smallest absolute Gasteiger partial charge is 0.341 e. The van der Waals surface area contributed by atoms with Crippen molar-refractivity contribution < 1.29 is 24.2 Å². The van der Waals surface area contributed by atoms with E-state index in [2.05, 4.69) is 64.5 Å². The highest BCUT2D eigenvalue weighted by Crippen LogP contribution is 2.54. The zero-order chi connectivity index (χ0) is 25.2. The first kappa shape index (κ1) is 25.2. The van der Waals surface area contributed by atoms with Crippen LogP contribution in [0.1, 0.15) is 64.9 Å². The molecule has 1 heterocycles. The molecule has 1 aromatic carbocycles. The summed E-state index contributed by atoms with van der Waals surface area (Å²) in [6, 6.07) is 3.68. The van der Waals surface area contributed by atoms with Crippen molar-refractivity contribution in [2.24, 2.45) is 10.8 Å². The number of carbonyl (C=O) groups excluding carboxylic acids is 2. The minimum Gasteiger partial charge on any atom is -0.480 e. The summed E-state index contributed by atoms with van der Waals surface area (Å²) >= 11 is 7.02. The van der Waals surface area contributed by atoms with E-state index in [0.29, 0.717) is 38.7 Å². The molecule has 6 nitrogen and oxygen atoms in total. The number of hydrogen-bond donors (Lipinski definition) is 1. The fourth-order valence-corrected chi connectivity index (χ4v) is 6.97. The summed E-state index contributed by atoms with van der Waals surface area (Å²) in [6.07, 6.45) is 2.38. The van der Waals surface area contributed by atoms with Crippen LogP contribution in [-0.4, -0.2) is 41.2 Å². The second kappa shape index (κ2) is 8.63. The molecule has 0 amide bonds. The van der Waals surface area contributed by atoms with Gasteiger partial charge < -0.3 is 14.7 Å². The predicted octanol–water partition coefficient (Wildman–Crippen LogP) is 5.99. The van der Waals surface area contributed by atoms with Gasteiger partial charge >= 0.3 is 5.97 Å². The molecule has 2 aliphatic carbocycles. The van der Waals surface area contributed by atoms with Gasteiger partial charge in [0.05, 0.1) is 8.95 Å². The Hall–Kier alpha value is -1.93. The SMILES string of the molecule is CN1C2=C(C(=O)CC(C)(C)C2)C(c2cc(Br)c(OCC(=O)O)c(Br)c2)C2=C1CC(C)(C)CC2=O. The van der Waals surface area contributed by atoms with Gasteiger partial charge in [-0.1, -0.05) is 27.7 Å². The van der Waals surface area contributed by atoms with Gasteiger partial charge in [0.15, 0.2) is 18.2 Å². The van der Waals surface area contributed by atoms with Crippen LogP contribution in [0, 0.1) is 10.8 Å². The lowest BCUT2D eigenvalue weighted by Gasteiger charge is -2.48. The maximum Gasteiger partial charge on any atom is 0.341 e. The molecule has 1 N–H and O–H groups in total. The number of halogens is 2. The van der Waals surface area contributed by atoms with Crippen molar-refractivity contribution in [3.8, 4) is 5.75 Å². The molecule has 0 fully saturated rings. The Kier molecular flexibility index (Phi) is 6.39. The van der Waals surface area contributed by atoms with E-state index in [1.54, 1.807) is 0 Å². The lowest BCUT2D eigenvalue weighted by molar-refractivity contribution is -0.139. The molecule has 0 saturated heterocycles. The monoisotopic (exact) mass is 593 g/mol. The molecule has 0 radical (unpaired) electrons. The van der Waals surface area contributed by atoms with Gasteiger partial charge in [-0.05, 0) is 73.2 Å². The van der Waals surface area contributed by atoms with Crippen molar-refractivity contribution in [2.75, 3.05) is 13.7 Å². The molecule has 0 atom stereocenters. The summed E-state index contributed by atoms with van der Waals surface area (Å²) in [5, 5.41) is 8.99. The maximum absolute atomic E-state index is 13.6. The Balaban J connectivity index is 1.92. The van der Waals surface area contributed by atoms with Crippen molar-refractivity contribution in [1.82, 2.24) is 4.90 Å². The number of allylic oxidation sites excluding steroid dienone is 4. The van der Waals surface area contributed by atoms with Crippen LogP contribution in [0.2, 0.25) is 0 Å². The van der Waals surface area contributed by atoms with Crippen LogP contribution in [0.3, 0.4) is 0 Å². The predicted molar refractivity (Wildman–Crippen MR) is 136 cm³/mol. The third-order valence-electron chi connectivity index (χ3n) is 6.87. The molecule has 0 bridgehead atoms. The van der Waals surface area contributed by atoms with Gasteiger partial charge in [0, 0.05) is 48.3 Å². The highest BCUT2D eigenvalue weighted by molar-refractivity contribution is 9.11. The van der Waals surface area contributed by atoms with Crippen LogP contribution in [0.5, 0.6) is 5.75 Å². The molecular weight excluding hydrogens is 566 g/mol. The number of carboxylic acid groups (broad SMARTS) is 1. The fraction of sp³-hybridized carbons (Fsp3) is 0.500. The van der Waals surface area contributed by atoms with E-state index in [9.17, 15) is 14.4 Å². The molecule has 8 heteroatoms. The highest BCUT2D eigenvalue weighted by atomic mass is 79.9. The molecule has 34 heavy (non-hydrogen) atoms. The van der Waals surface area contributed by atoms with Gasteiger partial charge in [0.1, 0.15) is 5.75 Å². The van der Waals surface area contributed by atoms with E-state index < -0.39 is 18.5 Å². The van der Waals surface area contributed by atoms with Crippen LogP contribution in [0.25, 0.3) is 0 Å². The Morgan fingerprint density at radius 2 is 1.41 bits per heavy atom. The molecule has 4 rings (SSSR count). The number of ether oxygens (including phenoxy) is 1. The van der Waals surface area contributed by atoms with Gasteiger partial charge in [-0.15, -0.1) is 0 Å². The topological polar surface area (TPSA) is 83.9 Å². The first-order valence-corrected chi connectivity index (χ1v) is 12.9. The average Bonchev–Trinajstić information content (AvgIpc) is 2.67. The summed E-state index contributed by atoms with van der Waals surface area (Å²) in [7, 11) is 1.99. The first-order valence-electron chi connectivity index (χ1n) is 11.3. The average molecular weight is 595 g/mol. The third-order valence-corrected chi connectivity index (χ3v) is 8.05. The number of carboxylic acids is 1. The second-order valence-corrected chi connectivity index (χ2v) is 12.8. The van der Waals surface area contributed by atoms with E-state index in [-0.39, 0.29) is 22.4 Å². The van der Waals surface area contributed by atoms with Gasteiger partial charge in [0.25, 0.3) is 0 Å². The number of nitrogens with zero attached hydrogens (tertiary/aromatic N) is 1. The Morgan fingerprint density at radius 3 is 1.82 bits per heavy atom. The van der Waals surface area contributed by atoms with Crippen molar-refractivity contribution in [3.63, 3.8) is 0 Å². The van der Waals surface area contributed by atoms with Crippen molar-refractivity contribution >= 4 is 49.4 Å². The quantitative estimate of drug-likeness (QED) is 0.461. The molecule has 0 saturated carbocycles. The van der Waals surface area contributed by atoms with E-state index >= 15 is 0 Å². The molecule has 3 aliphatic rings. The number of Topliss-reactive ketones (excluding diaryl/α,β-unsaturated/α-hetero) is 2. The molecule has 0 unspecified atom stereocenters. The number of rotatable bonds is 4. The number of carbonyl (C=O) groups is 3. The second-order valence-electron chi connectivity index (χ2n) is 11.1. The molecule has 182 valence electrons. The highest BCUT2D eigenvalue weighted by Gasteiger charge is 2.48. The van der Waals surface area contributed by atoms with Crippen LogP contribution in [0.4, 0.5) is 0 Å². The third kappa shape index (κ3) is 4.51. The summed E-state index contributed by atoms with van der Waals surface area (Å²) in [6.45, 7) is 7.97. The lowest BCUT2D eigenvalue weighted by atomic mass is 9.64. The molecule has 1 aliphatic heterocycles. The number of aliphatic carboxylic acids is 1. The van der Waals surface area contributed by atoms with Crippen LogP contribution >= 0.6 is 31.9 Å². The summed E-state index contributed by atoms with van der Waals surface area (Å²) < 4.78 is 6.57. The van der Waals surface area contributed by atoms with E-state index in [1.165, 1.54) is 0 Å². The summed E-state index contributed by atoms with van der Waals surface area (Å²) in [5.74, 6) is -1.02. The number of benzene rings is 1. The fourth-order valence-electron chi connectivity index (χ4n) is 5.52. The van der Waals surface area contributed by atoms with Crippen LogP contribution in [-0.2, 0) is 14.4 Å².